The number of nitrogens with one attached hydrogen (secondary N) is 1. The van der Waals surface area contributed by atoms with Crippen LogP contribution in [0.15, 0.2) is 0 Å². The van der Waals surface area contributed by atoms with Crippen molar-refractivity contribution in [2.24, 2.45) is 5.92 Å². The molecule has 3 nitrogen and oxygen atoms in total. The Morgan fingerprint density at radius 3 is 2.31 bits per heavy atom. The average molecular weight is 249 g/mol. The third-order valence-corrected chi connectivity index (χ3v) is 3.62. The minimum absolute atomic E-state index is 0.000401. The maximum atomic E-state index is 11.6. The number of aliphatic hydroxyl groups is 1. The van der Waals surface area contributed by atoms with Crippen LogP contribution in [0.3, 0.4) is 0 Å². The molecule has 0 amide bonds. The molecule has 2 atom stereocenters. The third kappa shape index (κ3) is 10.6. The van der Waals surface area contributed by atoms with Crippen LogP contribution in [0.1, 0.15) is 41.0 Å². The zero-order chi connectivity index (χ0) is 12.8. The average Bonchev–Trinajstić information content (AvgIpc) is 2.10. The van der Waals surface area contributed by atoms with Gasteiger partial charge in [-0.3, -0.25) is 4.21 Å². The van der Waals surface area contributed by atoms with Crippen molar-refractivity contribution in [3.05, 3.63) is 0 Å². The summed E-state index contributed by atoms with van der Waals surface area (Å²) >= 11 is 0. The topological polar surface area (TPSA) is 49.3 Å². The second-order valence-electron chi connectivity index (χ2n) is 5.78. The molecule has 0 radical (unpaired) electrons. The number of aliphatic hydroxyl groups excluding tert-OH is 1. The fraction of sp³-hybridized carbons (Fsp3) is 1.00. The zero-order valence-corrected chi connectivity index (χ0v) is 12.1. The van der Waals surface area contributed by atoms with Crippen LogP contribution in [0.5, 0.6) is 0 Å². The summed E-state index contributed by atoms with van der Waals surface area (Å²) in [6, 6.07) is 0. The molecular weight excluding hydrogens is 222 g/mol. The standard InChI is InChI=1S/C12H27NO2S/c1-10(2)6-7-16(15)9-11(14)8-13-12(3,4)5/h10-11,13-14H,6-9H2,1-5H3. The van der Waals surface area contributed by atoms with E-state index in [-0.39, 0.29) is 5.54 Å². The van der Waals surface area contributed by atoms with Gasteiger partial charge in [0, 0.05) is 28.6 Å². The molecule has 0 bridgehead atoms. The monoisotopic (exact) mass is 249 g/mol. The van der Waals surface area contributed by atoms with Crippen molar-refractivity contribution in [1.82, 2.24) is 5.32 Å². The van der Waals surface area contributed by atoms with E-state index >= 15 is 0 Å². The molecule has 0 rings (SSSR count). The Morgan fingerprint density at radius 1 is 1.31 bits per heavy atom. The Hall–Kier alpha value is 0.0700. The lowest BCUT2D eigenvalue weighted by atomic mass is 10.1. The van der Waals surface area contributed by atoms with Gasteiger partial charge in [0.15, 0.2) is 0 Å². The highest BCUT2D eigenvalue weighted by Crippen LogP contribution is 2.03. The van der Waals surface area contributed by atoms with Crippen molar-refractivity contribution in [2.75, 3.05) is 18.1 Å². The first-order chi connectivity index (χ1) is 7.20. The molecule has 0 saturated carbocycles. The predicted molar refractivity (Wildman–Crippen MR) is 71.1 cm³/mol. The summed E-state index contributed by atoms with van der Waals surface area (Å²) in [7, 11) is -0.889. The number of rotatable bonds is 7. The summed E-state index contributed by atoms with van der Waals surface area (Å²) in [6.07, 6.45) is 0.457. The normalized spacial score (nSPS) is 16.4. The molecule has 0 saturated heterocycles. The van der Waals surface area contributed by atoms with Gasteiger partial charge >= 0.3 is 0 Å². The summed E-state index contributed by atoms with van der Waals surface area (Å²) in [5.41, 5.74) is 0.000401. The molecule has 4 heteroatoms. The van der Waals surface area contributed by atoms with Crippen LogP contribution in [-0.4, -0.2) is 39.0 Å². The molecular formula is C12H27NO2S. The summed E-state index contributed by atoms with van der Waals surface area (Å²) in [4.78, 5) is 0. The molecule has 2 N–H and O–H groups in total. The lowest BCUT2D eigenvalue weighted by Gasteiger charge is -2.22. The van der Waals surface area contributed by atoms with E-state index in [1.165, 1.54) is 0 Å². The van der Waals surface area contributed by atoms with Gasteiger partial charge in [-0.05, 0) is 33.1 Å². The van der Waals surface area contributed by atoms with Crippen molar-refractivity contribution in [1.29, 1.82) is 0 Å². The highest BCUT2D eigenvalue weighted by atomic mass is 32.2. The van der Waals surface area contributed by atoms with Crippen LogP contribution in [0.2, 0.25) is 0 Å². The lowest BCUT2D eigenvalue weighted by molar-refractivity contribution is 0.182. The summed E-state index contributed by atoms with van der Waals surface area (Å²) in [6.45, 7) is 10.9. The first-order valence-corrected chi connectivity index (χ1v) is 7.47. The Morgan fingerprint density at radius 2 is 1.88 bits per heavy atom. The Labute approximate surface area is 102 Å². The molecule has 0 aliphatic rings. The number of β-amino-alcohol motifs (C(OH)–C–C–N with tert-alkyl or cyclic N) is 1. The van der Waals surface area contributed by atoms with E-state index in [2.05, 4.69) is 39.9 Å². The maximum absolute atomic E-state index is 11.6. The largest absolute Gasteiger partial charge is 0.391 e. The van der Waals surface area contributed by atoms with Gasteiger partial charge in [0.1, 0.15) is 0 Å². The van der Waals surface area contributed by atoms with Gasteiger partial charge < -0.3 is 10.4 Å². The van der Waals surface area contributed by atoms with Crippen molar-refractivity contribution in [3.8, 4) is 0 Å². The lowest BCUT2D eigenvalue weighted by Crippen LogP contribution is -2.42. The second kappa shape index (κ2) is 7.41. The molecule has 0 spiro atoms. The van der Waals surface area contributed by atoms with Crippen LogP contribution in [0.4, 0.5) is 0 Å². The van der Waals surface area contributed by atoms with Gasteiger partial charge in [0.2, 0.25) is 0 Å². The van der Waals surface area contributed by atoms with Crippen LogP contribution in [-0.2, 0) is 10.8 Å². The van der Waals surface area contributed by atoms with E-state index < -0.39 is 16.9 Å². The van der Waals surface area contributed by atoms with Gasteiger partial charge in [-0.1, -0.05) is 13.8 Å². The van der Waals surface area contributed by atoms with E-state index in [1.807, 2.05) is 0 Å². The molecule has 98 valence electrons. The predicted octanol–water partition coefficient (Wildman–Crippen LogP) is 1.53. The van der Waals surface area contributed by atoms with E-state index in [0.717, 1.165) is 6.42 Å². The fourth-order valence-corrected chi connectivity index (χ4v) is 2.60. The Kier molecular flexibility index (Phi) is 7.44. The SMILES string of the molecule is CC(C)CCS(=O)CC(O)CNC(C)(C)C. The molecule has 0 fully saturated rings. The van der Waals surface area contributed by atoms with Crippen LogP contribution in [0, 0.1) is 5.92 Å². The van der Waals surface area contributed by atoms with Crippen LogP contribution in [0.25, 0.3) is 0 Å². The van der Waals surface area contributed by atoms with Crippen LogP contribution < -0.4 is 5.32 Å². The molecule has 0 aromatic rings. The Bertz CT molecular complexity index is 212. The molecule has 0 aliphatic carbocycles. The third-order valence-electron chi connectivity index (χ3n) is 2.17. The summed E-state index contributed by atoms with van der Waals surface area (Å²) < 4.78 is 11.6. The smallest absolute Gasteiger partial charge is 0.0779 e. The fourth-order valence-electron chi connectivity index (χ4n) is 1.15. The first kappa shape index (κ1) is 16.1. The van der Waals surface area contributed by atoms with E-state index in [4.69, 9.17) is 0 Å². The molecule has 0 aliphatic heterocycles. The van der Waals surface area contributed by atoms with Gasteiger partial charge in [-0.15, -0.1) is 0 Å². The molecule has 0 aromatic carbocycles. The van der Waals surface area contributed by atoms with Crippen molar-refractivity contribution >= 4 is 10.8 Å². The van der Waals surface area contributed by atoms with Crippen molar-refractivity contribution < 1.29 is 9.32 Å². The Balaban J connectivity index is 3.70. The first-order valence-electron chi connectivity index (χ1n) is 5.99. The highest BCUT2D eigenvalue weighted by Gasteiger charge is 2.14. The second-order valence-corrected chi connectivity index (χ2v) is 7.40. The molecule has 0 heterocycles. The van der Waals surface area contributed by atoms with E-state index in [9.17, 15) is 9.32 Å². The van der Waals surface area contributed by atoms with Crippen molar-refractivity contribution in [3.63, 3.8) is 0 Å². The maximum Gasteiger partial charge on any atom is 0.0779 e. The quantitative estimate of drug-likeness (QED) is 0.719. The summed E-state index contributed by atoms with van der Waals surface area (Å²) in [5.74, 6) is 1.66. The molecule has 2 unspecified atom stereocenters. The van der Waals surface area contributed by atoms with Gasteiger partial charge in [-0.2, -0.15) is 0 Å². The minimum atomic E-state index is -0.889. The van der Waals surface area contributed by atoms with Gasteiger partial charge in [-0.25, -0.2) is 0 Å². The number of hydrogen-bond acceptors (Lipinski definition) is 3. The zero-order valence-electron chi connectivity index (χ0n) is 11.2. The molecule has 0 aromatic heterocycles. The highest BCUT2D eigenvalue weighted by molar-refractivity contribution is 7.85. The van der Waals surface area contributed by atoms with Gasteiger partial charge in [0.25, 0.3) is 0 Å². The van der Waals surface area contributed by atoms with Crippen LogP contribution >= 0.6 is 0 Å². The van der Waals surface area contributed by atoms with E-state index in [1.54, 1.807) is 0 Å². The van der Waals surface area contributed by atoms with E-state index in [0.29, 0.717) is 24.0 Å². The molecule has 16 heavy (non-hydrogen) atoms. The minimum Gasteiger partial charge on any atom is -0.391 e. The van der Waals surface area contributed by atoms with Crippen molar-refractivity contribution in [2.45, 2.75) is 52.7 Å². The number of hydrogen-bond donors (Lipinski definition) is 2. The summed E-state index contributed by atoms with van der Waals surface area (Å²) in [5, 5.41) is 12.9. The van der Waals surface area contributed by atoms with Gasteiger partial charge in [0.05, 0.1) is 11.9 Å².